The molecule has 0 amide bonds. The van der Waals surface area contributed by atoms with Crippen molar-refractivity contribution in [1.82, 2.24) is 9.62 Å². The maximum Gasteiger partial charge on any atom is 0.243 e. The van der Waals surface area contributed by atoms with E-state index in [1.807, 2.05) is 6.92 Å². The monoisotopic (exact) mass is 394 g/mol. The molecule has 118 valence electrons. The molecule has 0 aliphatic carbocycles. The fourth-order valence-electron chi connectivity index (χ4n) is 2.51. The van der Waals surface area contributed by atoms with Crippen LogP contribution in [0.2, 0.25) is 5.02 Å². The SMILES string of the molecule is CCN(CC1CCCCN1)S(=O)(=O)c1ccc(Cl)c(Br)c1. The van der Waals surface area contributed by atoms with Crippen LogP contribution >= 0.6 is 27.5 Å². The normalized spacial score (nSPS) is 19.9. The third-order valence-electron chi connectivity index (χ3n) is 3.72. The van der Waals surface area contributed by atoms with Gasteiger partial charge in [0.05, 0.1) is 9.92 Å². The first kappa shape index (κ1) is 17.2. The van der Waals surface area contributed by atoms with Gasteiger partial charge in [-0.2, -0.15) is 4.31 Å². The van der Waals surface area contributed by atoms with Gasteiger partial charge in [-0.25, -0.2) is 8.42 Å². The van der Waals surface area contributed by atoms with Gasteiger partial charge in [0.2, 0.25) is 10.0 Å². The number of nitrogens with one attached hydrogen (secondary N) is 1. The summed E-state index contributed by atoms with van der Waals surface area (Å²) in [5.74, 6) is 0. The van der Waals surface area contributed by atoms with E-state index in [2.05, 4.69) is 21.2 Å². The Balaban J connectivity index is 2.19. The number of likely N-dealkylation sites (N-methyl/N-ethyl adjacent to an activating group) is 1. The molecule has 21 heavy (non-hydrogen) atoms. The van der Waals surface area contributed by atoms with Gasteiger partial charge < -0.3 is 5.32 Å². The Kier molecular flexibility index (Phi) is 6.08. The molecule has 2 rings (SSSR count). The van der Waals surface area contributed by atoms with E-state index in [4.69, 9.17) is 11.6 Å². The lowest BCUT2D eigenvalue weighted by Crippen LogP contribution is -2.45. The molecule has 0 spiro atoms. The first-order chi connectivity index (χ1) is 9.95. The predicted molar refractivity (Wildman–Crippen MR) is 89.2 cm³/mol. The van der Waals surface area contributed by atoms with E-state index in [1.54, 1.807) is 18.2 Å². The highest BCUT2D eigenvalue weighted by Crippen LogP contribution is 2.27. The van der Waals surface area contributed by atoms with E-state index in [0.29, 0.717) is 22.6 Å². The molecule has 4 nitrogen and oxygen atoms in total. The second kappa shape index (κ2) is 7.42. The summed E-state index contributed by atoms with van der Waals surface area (Å²) in [5.41, 5.74) is 0. The molecule has 1 saturated heterocycles. The van der Waals surface area contributed by atoms with E-state index < -0.39 is 10.0 Å². The largest absolute Gasteiger partial charge is 0.313 e. The summed E-state index contributed by atoms with van der Waals surface area (Å²) in [6.07, 6.45) is 3.34. The molecule has 1 aromatic rings. The third-order valence-corrected chi connectivity index (χ3v) is 6.87. The molecule has 7 heteroatoms. The van der Waals surface area contributed by atoms with Gasteiger partial charge in [0, 0.05) is 23.6 Å². The van der Waals surface area contributed by atoms with Crippen molar-refractivity contribution >= 4 is 37.6 Å². The van der Waals surface area contributed by atoms with Crippen LogP contribution in [0, 0.1) is 0 Å². The second-order valence-electron chi connectivity index (χ2n) is 5.18. The van der Waals surface area contributed by atoms with Crippen molar-refractivity contribution in [3.05, 3.63) is 27.7 Å². The minimum atomic E-state index is -3.49. The Bertz CT molecular complexity index is 589. The van der Waals surface area contributed by atoms with Crippen LogP contribution in [-0.4, -0.2) is 38.4 Å². The minimum Gasteiger partial charge on any atom is -0.313 e. The molecule has 0 aromatic heterocycles. The van der Waals surface area contributed by atoms with Crippen LogP contribution < -0.4 is 5.32 Å². The van der Waals surface area contributed by atoms with Crippen molar-refractivity contribution in [2.75, 3.05) is 19.6 Å². The Morgan fingerprint density at radius 2 is 2.19 bits per heavy atom. The van der Waals surface area contributed by atoms with Gasteiger partial charge >= 0.3 is 0 Å². The van der Waals surface area contributed by atoms with Gasteiger partial charge in [0.15, 0.2) is 0 Å². The third kappa shape index (κ3) is 4.20. The van der Waals surface area contributed by atoms with Gasteiger partial charge in [-0.1, -0.05) is 24.9 Å². The summed E-state index contributed by atoms with van der Waals surface area (Å²) in [6, 6.07) is 4.96. The number of benzene rings is 1. The van der Waals surface area contributed by atoms with E-state index in [-0.39, 0.29) is 10.9 Å². The quantitative estimate of drug-likeness (QED) is 0.832. The molecule has 1 fully saturated rings. The van der Waals surface area contributed by atoms with Crippen molar-refractivity contribution in [1.29, 1.82) is 0 Å². The van der Waals surface area contributed by atoms with Crippen LogP contribution in [-0.2, 0) is 10.0 Å². The number of rotatable bonds is 5. The molecule has 0 bridgehead atoms. The highest BCUT2D eigenvalue weighted by molar-refractivity contribution is 9.10. The van der Waals surface area contributed by atoms with Crippen LogP contribution in [0.1, 0.15) is 26.2 Å². The van der Waals surface area contributed by atoms with Crippen LogP contribution in [0.3, 0.4) is 0 Å². The molecule has 1 unspecified atom stereocenters. The van der Waals surface area contributed by atoms with Crippen molar-refractivity contribution in [3.63, 3.8) is 0 Å². The zero-order valence-corrected chi connectivity index (χ0v) is 15.1. The second-order valence-corrected chi connectivity index (χ2v) is 8.38. The summed E-state index contributed by atoms with van der Waals surface area (Å²) < 4.78 is 27.6. The van der Waals surface area contributed by atoms with E-state index in [0.717, 1.165) is 19.4 Å². The number of sulfonamides is 1. The zero-order valence-electron chi connectivity index (χ0n) is 12.0. The zero-order chi connectivity index (χ0) is 15.5. The van der Waals surface area contributed by atoms with E-state index >= 15 is 0 Å². The maximum atomic E-state index is 12.7. The molecular formula is C14H20BrClN2O2S. The Morgan fingerprint density at radius 3 is 2.76 bits per heavy atom. The molecule has 1 aliphatic rings. The van der Waals surface area contributed by atoms with Gasteiger partial charge in [0.1, 0.15) is 0 Å². The average molecular weight is 396 g/mol. The Hall–Kier alpha value is -0.140. The standard InChI is InChI=1S/C14H20BrClN2O2S/c1-2-18(10-11-5-3-4-8-17-11)21(19,20)12-6-7-14(16)13(15)9-12/h6-7,9,11,17H,2-5,8,10H2,1H3. The van der Waals surface area contributed by atoms with Crippen molar-refractivity contribution in [3.8, 4) is 0 Å². The highest BCUT2D eigenvalue weighted by atomic mass is 79.9. The lowest BCUT2D eigenvalue weighted by atomic mass is 10.1. The smallest absolute Gasteiger partial charge is 0.243 e. The number of nitrogens with zero attached hydrogens (tertiary/aromatic N) is 1. The van der Waals surface area contributed by atoms with Gasteiger partial charge in [0.25, 0.3) is 0 Å². The maximum absolute atomic E-state index is 12.7. The first-order valence-corrected chi connectivity index (χ1v) is 9.75. The van der Waals surface area contributed by atoms with Gasteiger partial charge in [-0.3, -0.25) is 0 Å². The van der Waals surface area contributed by atoms with E-state index in [1.165, 1.54) is 10.7 Å². The molecule has 1 aromatic carbocycles. The Labute approximate surface area is 140 Å². The summed E-state index contributed by atoms with van der Waals surface area (Å²) in [7, 11) is -3.49. The first-order valence-electron chi connectivity index (χ1n) is 7.13. The lowest BCUT2D eigenvalue weighted by molar-refractivity contribution is 0.319. The van der Waals surface area contributed by atoms with Crippen molar-refractivity contribution in [2.24, 2.45) is 0 Å². The number of hydrogen-bond donors (Lipinski definition) is 1. The molecule has 1 heterocycles. The molecule has 1 aliphatic heterocycles. The molecular weight excluding hydrogens is 376 g/mol. The van der Waals surface area contributed by atoms with Crippen molar-refractivity contribution in [2.45, 2.75) is 37.1 Å². The summed E-state index contributed by atoms with van der Waals surface area (Å²) in [4.78, 5) is 0.274. The van der Waals surface area contributed by atoms with Gasteiger partial charge in [-0.15, -0.1) is 0 Å². The van der Waals surface area contributed by atoms with Crippen LogP contribution in [0.25, 0.3) is 0 Å². The summed E-state index contributed by atoms with van der Waals surface area (Å²) in [6.45, 7) is 3.81. The number of hydrogen-bond acceptors (Lipinski definition) is 3. The highest BCUT2D eigenvalue weighted by Gasteiger charge is 2.27. The number of halogens is 2. The molecule has 1 atom stereocenters. The molecule has 0 radical (unpaired) electrons. The van der Waals surface area contributed by atoms with Crippen LogP contribution in [0.4, 0.5) is 0 Å². The van der Waals surface area contributed by atoms with E-state index in [9.17, 15) is 8.42 Å². The fraction of sp³-hybridized carbons (Fsp3) is 0.571. The summed E-state index contributed by atoms with van der Waals surface area (Å²) >= 11 is 9.22. The topological polar surface area (TPSA) is 49.4 Å². The fourth-order valence-corrected chi connectivity index (χ4v) is 4.68. The molecule has 1 N–H and O–H groups in total. The number of piperidine rings is 1. The molecule has 0 saturated carbocycles. The minimum absolute atomic E-state index is 0.240. The van der Waals surface area contributed by atoms with Crippen LogP contribution in [0.5, 0.6) is 0 Å². The van der Waals surface area contributed by atoms with Gasteiger partial charge in [-0.05, 0) is 53.5 Å². The summed E-state index contributed by atoms with van der Waals surface area (Å²) in [5, 5.41) is 3.90. The average Bonchev–Trinajstić information content (AvgIpc) is 2.48. The Morgan fingerprint density at radius 1 is 1.43 bits per heavy atom. The van der Waals surface area contributed by atoms with Crippen LogP contribution in [0.15, 0.2) is 27.6 Å². The van der Waals surface area contributed by atoms with Crippen molar-refractivity contribution < 1.29 is 8.42 Å². The lowest BCUT2D eigenvalue weighted by Gasteiger charge is -2.29. The predicted octanol–water partition coefficient (Wildman–Crippen LogP) is 3.26.